The first-order valence-electron chi connectivity index (χ1n) is 6.90. The summed E-state index contributed by atoms with van der Waals surface area (Å²) in [5, 5.41) is 4.40. The molecule has 106 valence electrons. The fraction of sp³-hybridized carbons (Fsp3) is 0.467. The zero-order valence-corrected chi connectivity index (χ0v) is 11.8. The minimum absolute atomic E-state index is 0.467. The third-order valence-corrected chi connectivity index (χ3v) is 3.64. The molecule has 1 aromatic carbocycles. The van der Waals surface area contributed by atoms with Crippen LogP contribution in [0.5, 0.6) is 0 Å². The number of ether oxygens (including phenoxy) is 2. The standard InChI is InChI=1S/C15H19N3O2/c1-11-4-3-5-12-13(11)17-10-18-14(12)16-7-6-15(2)19-8-9-20-15/h3-5,10H,6-9H2,1-2H3,(H,16,17,18). The van der Waals surface area contributed by atoms with E-state index in [1.54, 1.807) is 6.33 Å². The first-order chi connectivity index (χ1) is 9.68. The molecule has 2 aromatic rings. The Kier molecular flexibility index (Phi) is 3.54. The summed E-state index contributed by atoms with van der Waals surface area (Å²) in [7, 11) is 0. The Bertz CT molecular complexity index is 609. The van der Waals surface area contributed by atoms with Gasteiger partial charge in [0.1, 0.15) is 12.1 Å². The quantitative estimate of drug-likeness (QED) is 0.927. The van der Waals surface area contributed by atoms with Crippen molar-refractivity contribution in [1.82, 2.24) is 9.97 Å². The highest BCUT2D eigenvalue weighted by Crippen LogP contribution is 2.24. The van der Waals surface area contributed by atoms with Gasteiger partial charge in [0, 0.05) is 18.4 Å². The molecule has 1 aromatic heterocycles. The summed E-state index contributed by atoms with van der Waals surface area (Å²) in [6.45, 7) is 6.12. The smallest absolute Gasteiger partial charge is 0.167 e. The van der Waals surface area contributed by atoms with Crippen molar-refractivity contribution < 1.29 is 9.47 Å². The Balaban J connectivity index is 1.73. The van der Waals surface area contributed by atoms with Crippen LogP contribution in [0.1, 0.15) is 18.9 Å². The molecule has 1 fully saturated rings. The second-order valence-electron chi connectivity index (χ2n) is 5.20. The fourth-order valence-electron chi connectivity index (χ4n) is 2.49. The van der Waals surface area contributed by atoms with Gasteiger partial charge in [-0.15, -0.1) is 0 Å². The molecule has 0 radical (unpaired) electrons. The Hall–Kier alpha value is -1.72. The van der Waals surface area contributed by atoms with Crippen molar-refractivity contribution in [1.29, 1.82) is 0 Å². The maximum Gasteiger partial charge on any atom is 0.167 e. The number of hydrogen-bond acceptors (Lipinski definition) is 5. The first kappa shape index (κ1) is 13.3. The third kappa shape index (κ3) is 2.59. The van der Waals surface area contributed by atoms with E-state index in [0.29, 0.717) is 13.2 Å². The molecule has 1 aliphatic rings. The number of benzene rings is 1. The van der Waals surface area contributed by atoms with E-state index in [0.717, 1.165) is 35.2 Å². The molecule has 0 bridgehead atoms. The van der Waals surface area contributed by atoms with E-state index in [4.69, 9.17) is 9.47 Å². The van der Waals surface area contributed by atoms with Crippen molar-refractivity contribution in [3.05, 3.63) is 30.1 Å². The van der Waals surface area contributed by atoms with Crippen molar-refractivity contribution in [2.75, 3.05) is 25.1 Å². The molecule has 5 heteroatoms. The number of para-hydroxylation sites is 1. The average Bonchev–Trinajstić information content (AvgIpc) is 2.87. The molecule has 0 spiro atoms. The molecule has 2 heterocycles. The van der Waals surface area contributed by atoms with Gasteiger partial charge in [0.05, 0.1) is 18.7 Å². The monoisotopic (exact) mass is 273 g/mol. The van der Waals surface area contributed by atoms with E-state index in [2.05, 4.69) is 28.3 Å². The van der Waals surface area contributed by atoms with Crippen molar-refractivity contribution in [2.45, 2.75) is 26.1 Å². The van der Waals surface area contributed by atoms with Gasteiger partial charge in [0.25, 0.3) is 0 Å². The van der Waals surface area contributed by atoms with E-state index in [1.165, 1.54) is 0 Å². The topological polar surface area (TPSA) is 56.3 Å². The Morgan fingerprint density at radius 1 is 1.25 bits per heavy atom. The number of rotatable bonds is 4. The maximum absolute atomic E-state index is 5.59. The van der Waals surface area contributed by atoms with E-state index in [-0.39, 0.29) is 0 Å². The van der Waals surface area contributed by atoms with Crippen LogP contribution >= 0.6 is 0 Å². The first-order valence-corrected chi connectivity index (χ1v) is 6.90. The molecule has 0 atom stereocenters. The van der Waals surface area contributed by atoms with E-state index in [1.807, 2.05) is 19.1 Å². The normalized spacial score (nSPS) is 17.5. The zero-order valence-electron chi connectivity index (χ0n) is 11.8. The molecule has 0 unspecified atom stereocenters. The zero-order chi connectivity index (χ0) is 14.0. The van der Waals surface area contributed by atoms with Gasteiger partial charge in [0.2, 0.25) is 0 Å². The number of aromatic nitrogens is 2. The second-order valence-corrected chi connectivity index (χ2v) is 5.20. The minimum Gasteiger partial charge on any atom is -0.369 e. The van der Waals surface area contributed by atoms with Gasteiger partial charge >= 0.3 is 0 Å². The summed E-state index contributed by atoms with van der Waals surface area (Å²) in [5.74, 6) is 0.395. The van der Waals surface area contributed by atoms with Crippen LogP contribution in [0.4, 0.5) is 5.82 Å². The lowest BCUT2D eigenvalue weighted by Crippen LogP contribution is -2.28. The SMILES string of the molecule is Cc1cccc2c(NCCC3(C)OCCO3)ncnc12. The lowest BCUT2D eigenvalue weighted by Gasteiger charge is -2.22. The van der Waals surface area contributed by atoms with E-state index in [9.17, 15) is 0 Å². The predicted molar refractivity (Wildman–Crippen MR) is 77.7 cm³/mol. The minimum atomic E-state index is -0.467. The molecule has 1 saturated heterocycles. The summed E-state index contributed by atoms with van der Waals surface area (Å²) in [6, 6.07) is 6.12. The lowest BCUT2D eigenvalue weighted by atomic mass is 10.1. The summed E-state index contributed by atoms with van der Waals surface area (Å²) >= 11 is 0. The number of fused-ring (bicyclic) bond motifs is 1. The highest BCUT2D eigenvalue weighted by atomic mass is 16.7. The molecule has 1 N–H and O–H groups in total. The summed E-state index contributed by atoms with van der Waals surface area (Å²) in [5.41, 5.74) is 2.15. The van der Waals surface area contributed by atoms with Gasteiger partial charge in [-0.25, -0.2) is 9.97 Å². The summed E-state index contributed by atoms with van der Waals surface area (Å²) in [4.78, 5) is 8.67. The third-order valence-electron chi connectivity index (χ3n) is 3.64. The Morgan fingerprint density at radius 2 is 2.05 bits per heavy atom. The van der Waals surface area contributed by atoms with Gasteiger partial charge in [-0.3, -0.25) is 0 Å². The lowest BCUT2D eigenvalue weighted by molar-refractivity contribution is -0.144. The highest BCUT2D eigenvalue weighted by molar-refractivity contribution is 5.90. The predicted octanol–water partition coefficient (Wildman–Crippen LogP) is 2.50. The van der Waals surface area contributed by atoms with Gasteiger partial charge in [-0.2, -0.15) is 0 Å². The van der Waals surface area contributed by atoms with Crippen molar-refractivity contribution in [3.8, 4) is 0 Å². The van der Waals surface area contributed by atoms with Crippen LogP contribution in [0.3, 0.4) is 0 Å². The molecule has 5 nitrogen and oxygen atoms in total. The molecule has 0 saturated carbocycles. The van der Waals surface area contributed by atoms with Crippen LogP contribution in [-0.2, 0) is 9.47 Å². The van der Waals surface area contributed by atoms with Gasteiger partial charge in [-0.1, -0.05) is 12.1 Å². The van der Waals surface area contributed by atoms with Gasteiger partial charge < -0.3 is 14.8 Å². The van der Waals surface area contributed by atoms with E-state index < -0.39 is 5.79 Å². The van der Waals surface area contributed by atoms with Crippen molar-refractivity contribution >= 4 is 16.7 Å². The maximum atomic E-state index is 5.59. The number of nitrogens with zero attached hydrogens (tertiary/aromatic N) is 2. The summed E-state index contributed by atoms with van der Waals surface area (Å²) < 4.78 is 11.2. The second kappa shape index (κ2) is 5.34. The molecule has 1 aliphatic heterocycles. The molecule has 0 aliphatic carbocycles. The van der Waals surface area contributed by atoms with Gasteiger partial charge in [-0.05, 0) is 25.5 Å². The number of aryl methyl sites for hydroxylation is 1. The number of hydrogen-bond donors (Lipinski definition) is 1. The number of nitrogens with one attached hydrogen (secondary N) is 1. The molecule has 3 rings (SSSR count). The van der Waals surface area contributed by atoms with Crippen molar-refractivity contribution in [2.24, 2.45) is 0 Å². The van der Waals surface area contributed by atoms with Gasteiger partial charge in [0.15, 0.2) is 5.79 Å². The molecule has 20 heavy (non-hydrogen) atoms. The largest absolute Gasteiger partial charge is 0.369 e. The van der Waals surface area contributed by atoms with Crippen LogP contribution in [0, 0.1) is 6.92 Å². The van der Waals surface area contributed by atoms with Crippen LogP contribution in [-0.4, -0.2) is 35.5 Å². The average molecular weight is 273 g/mol. The number of anilines is 1. The Morgan fingerprint density at radius 3 is 2.85 bits per heavy atom. The molecular weight excluding hydrogens is 254 g/mol. The molecule has 0 amide bonds. The summed E-state index contributed by atoms with van der Waals surface area (Å²) in [6.07, 6.45) is 2.38. The van der Waals surface area contributed by atoms with Crippen LogP contribution in [0.15, 0.2) is 24.5 Å². The van der Waals surface area contributed by atoms with Crippen LogP contribution in [0.25, 0.3) is 10.9 Å². The van der Waals surface area contributed by atoms with Crippen molar-refractivity contribution in [3.63, 3.8) is 0 Å². The molecular formula is C15H19N3O2. The van der Waals surface area contributed by atoms with Crippen LogP contribution in [0.2, 0.25) is 0 Å². The highest BCUT2D eigenvalue weighted by Gasteiger charge is 2.30. The fourth-order valence-corrected chi connectivity index (χ4v) is 2.49. The Labute approximate surface area is 118 Å². The van der Waals surface area contributed by atoms with Crippen LogP contribution < -0.4 is 5.32 Å². The van der Waals surface area contributed by atoms with E-state index >= 15 is 0 Å².